The SMILES string of the molecule is COP(=O)(CCCCCCN(CCCCCCP(=O)(OC)OC)c1ccc(/C=C/c2ccc3cc(/C=C/c4ccc(N(CCCCCCP(=O)(OC)OC)CCCCCCP(=O)(OC)OC)cc4)ccc3c2)cc1)OC. The van der Waals surface area contributed by atoms with Gasteiger partial charge in [-0.25, -0.2) is 0 Å². The molecule has 4 aromatic carbocycles. The molecule has 4 aromatic rings. The Morgan fingerprint density at radius 2 is 0.526 bits per heavy atom. The standard InChI is InChI=1S/C58H90N2O12P4/c1-65-73(61,66-2)45-21-13-9-17-41-59(42-18-10-14-22-46-74(62,67-3)68-4)57-37-31-51(32-38-57)25-27-53-29-35-56-50-54(30-36-55(56)49-53)28-26-52-33-39-58(40-34-52)60(43-19-11-15-23-47-75(63,69-5)70-6)44-20-12-16-24-48-76(64,71-7)72-8/h25-40,49-50H,9-24,41-48H2,1-8H3/b27-25+,28-26+. The van der Waals surface area contributed by atoms with E-state index in [9.17, 15) is 18.3 Å². The molecule has 18 heteroatoms. The molecule has 0 saturated carbocycles. The Kier molecular flexibility index (Phi) is 30.5. The molecule has 76 heavy (non-hydrogen) atoms. The van der Waals surface area contributed by atoms with Gasteiger partial charge in [0.2, 0.25) is 0 Å². The fraction of sp³-hybridized carbons (Fsp3) is 0.552. The van der Waals surface area contributed by atoms with Crippen molar-refractivity contribution in [2.45, 2.75) is 103 Å². The van der Waals surface area contributed by atoms with E-state index >= 15 is 0 Å². The zero-order chi connectivity index (χ0) is 55.1. The normalized spacial score (nSPS) is 12.7. The maximum absolute atomic E-state index is 12.5. The van der Waals surface area contributed by atoms with E-state index in [1.807, 2.05) is 0 Å². The van der Waals surface area contributed by atoms with Gasteiger partial charge in [-0.05, 0) is 121 Å². The Bertz CT molecular complexity index is 2240. The van der Waals surface area contributed by atoms with Crippen LogP contribution in [-0.2, 0) is 54.5 Å². The molecular formula is C58H90N2O12P4. The Hall–Kier alpha value is -3.18. The summed E-state index contributed by atoms with van der Waals surface area (Å²) in [5.41, 5.74) is 6.91. The number of rotatable bonds is 42. The first-order valence-electron chi connectivity index (χ1n) is 27.1. The van der Waals surface area contributed by atoms with Crippen LogP contribution in [-0.4, -0.2) is 108 Å². The van der Waals surface area contributed by atoms with E-state index in [1.54, 1.807) is 0 Å². The van der Waals surface area contributed by atoms with Crippen molar-refractivity contribution in [2.75, 3.05) is 118 Å². The monoisotopic (exact) mass is 1130 g/mol. The molecule has 0 fully saturated rings. The second kappa shape index (κ2) is 35.4. The van der Waals surface area contributed by atoms with Crippen LogP contribution in [0, 0.1) is 0 Å². The summed E-state index contributed by atoms with van der Waals surface area (Å²) in [4.78, 5) is 4.92. The van der Waals surface area contributed by atoms with E-state index in [2.05, 4.69) is 119 Å². The van der Waals surface area contributed by atoms with E-state index in [1.165, 1.54) is 79.0 Å². The molecule has 0 atom stereocenters. The number of nitrogens with zero attached hydrogens (tertiary/aromatic N) is 2. The molecule has 0 aliphatic carbocycles. The Morgan fingerprint density at radius 3 is 0.776 bits per heavy atom. The van der Waals surface area contributed by atoms with Crippen molar-refractivity contribution in [1.29, 1.82) is 0 Å². The summed E-state index contributed by atoms with van der Waals surface area (Å²) in [6.45, 7) is 3.70. The average molecular weight is 1130 g/mol. The molecule has 424 valence electrons. The number of hydrogen-bond donors (Lipinski definition) is 0. The third-order valence-corrected chi connectivity index (χ3v) is 21.9. The van der Waals surface area contributed by atoms with Crippen LogP contribution in [0.1, 0.15) is 125 Å². The van der Waals surface area contributed by atoms with Gasteiger partial charge in [-0.3, -0.25) is 18.3 Å². The summed E-state index contributed by atoms with van der Waals surface area (Å²) in [7, 11) is -0.361. The van der Waals surface area contributed by atoms with Gasteiger partial charge in [-0.1, -0.05) is 124 Å². The minimum atomic E-state index is -2.98. The number of benzene rings is 4. The number of hydrogen-bond acceptors (Lipinski definition) is 14. The first-order valence-corrected chi connectivity index (χ1v) is 34.0. The fourth-order valence-electron chi connectivity index (χ4n) is 9.08. The highest BCUT2D eigenvalue weighted by Gasteiger charge is 2.23. The van der Waals surface area contributed by atoms with Crippen molar-refractivity contribution in [1.82, 2.24) is 0 Å². The Morgan fingerprint density at radius 1 is 0.303 bits per heavy atom. The van der Waals surface area contributed by atoms with Crippen molar-refractivity contribution in [3.05, 3.63) is 107 Å². The lowest BCUT2D eigenvalue weighted by Gasteiger charge is -2.25. The maximum Gasteiger partial charge on any atom is 0.330 e. The minimum absolute atomic E-state index is 0.432. The Balaban J connectivity index is 1.34. The van der Waals surface area contributed by atoms with Gasteiger partial charge >= 0.3 is 30.4 Å². The molecule has 0 aromatic heterocycles. The van der Waals surface area contributed by atoms with Gasteiger partial charge in [0.15, 0.2) is 0 Å². The summed E-state index contributed by atoms with van der Waals surface area (Å²) in [6, 6.07) is 30.7. The molecule has 0 heterocycles. The molecular weight excluding hydrogens is 1040 g/mol. The number of unbranched alkanes of at least 4 members (excludes halogenated alkanes) is 12. The lowest BCUT2D eigenvalue weighted by molar-refractivity contribution is 0.274. The smallest absolute Gasteiger partial charge is 0.330 e. The second-order valence-electron chi connectivity index (χ2n) is 19.1. The van der Waals surface area contributed by atoms with Crippen LogP contribution < -0.4 is 9.80 Å². The summed E-state index contributed by atoms with van der Waals surface area (Å²) in [6.07, 6.45) is 25.6. The van der Waals surface area contributed by atoms with Crippen LogP contribution in [0.25, 0.3) is 35.1 Å². The molecule has 0 spiro atoms. The molecule has 0 radical (unpaired) electrons. The zero-order valence-corrected chi connectivity index (χ0v) is 50.5. The van der Waals surface area contributed by atoms with E-state index in [0.29, 0.717) is 24.6 Å². The van der Waals surface area contributed by atoms with E-state index in [-0.39, 0.29) is 0 Å². The highest BCUT2D eigenvalue weighted by molar-refractivity contribution is 7.54. The minimum Gasteiger partial charge on any atom is -0.372 e. The van der Waals surface area contributed by atoms with Crippen molar-refractivity contribution in [3.8, 4) is 0 Å². The molecule has 0 saturated heterocycles. The Labute approximate surface area is 456 Å². The van der Waals surface area contributed by atoms with Crippen molar-refractivity contribution in [2.24, 2.45) is 0 Å². The van der Waals surface area contributed by atoms with Crippen LogP contribution >= 0.6 is 30.4 Å². The highest BCUT2D eigenvalue weighted by Crippen LogP contribution is 2.49. The van der Waals surface area contributed by atoms with Gasteiger partial charge in [0.25, 0.3) is 0 Å². The van der Waals surface area contributed by atoms with E-state index in [4.69, 9.17) is 36.2 Å². The van der Waals surface area contributed by atoms with Crippen LogP contribution in [0.4, 0.5) is 11.4 Å². The summed E-state index contributed by atoms with van der Waals surface area (Å²) < 4.78 is 90.7. The first-order chi connectivity index (χ1) is 36.7. The predicted molar refractivity (Wildman–Crippen MR) is 319 cm³/mol. The third-order valence-electron chi connectivity index (χ3n) is 14.0. The zero-order valence-electron chi connectivity index (χ0n) is 46.9. The van der Waals surface area contributed by atoms with Gasteiger partial charge in [0.1, 0.15) is 0 Å². The van der Waals surface area contributed by atoms with Gasteiger partial charge in [0.05, 0.1) is 24.6 Å². The third kappa shape index (κ3) is 23.7. The molecule has 0 unspecified atom stereocenters. The number of anilines is 2. The first kappa shape index (κ1) is 65.3. The van der Waals surface area contributed by atoms with Gasteiger partial charge in [-0.2, -0.15) is 0 Å². The van der Waals surface area contributed by atoms with E-state index in [0.717, 1.165) is 151 Å². The van der Waals surface area contributed by atoms with Crippen molar-refractivity contribution < 1.29 is 54.5 Å². The van der Waals surface area contributed by atoms with Crippen LogP contribution in [0.5, 0.6) is 0 Å². The predicted octanol–water partition coefficient (Wildman–Crippen LogP) is 17.0. The van der Waals surface area contributed by atoms with Crippen molar-refractivity contribution >= 4 is 76.8 Å². The highest BCUT2D eigenvalue weighted by atomic mass is 31.2. The van der Waals surface area contributed by atoms with E-state index < -0.39 is 30.4 Å². The lowest BCUT2D eigenvalue weighted by Crippen LogP contribution is -2.25. The average Bonchev–Trinajstić information content (AvgIpc) is 3.46. The molecule has 4 rings (SSSR count). The molecule has 0 aliphatic heterocycles. The second-order valence-corrected chi connectivity index (χ2v) is 28.7. The largest absolute Gasteiger partial charge is 0.372 e. The van der Waals surface area contributed by atoms with Gasteiger partial charge < -0.3 is 46.0 Å². The topological polar surface area (TPSA) is 149 Å². The van der Waals surface area contributed by atoms with Crippen LogP contribution in [0.2, 0.25) is 0 Å². The van der Waals surface area contributed by atoms with Crippen LogP contribution in [0.3, 0.4) is 0 Å². The maximum atomic E-state index is 12.5. The fourth-order valence-corrected chi connectivity index (χ4v) is 13.6. The summed E-state index contributed by atoms with van der Waals surface area (Å²) in [5, 5.41) is 2.37. The molecule has 0 aliphatic rings. The van der Waals surface area contributed by atoms with Crippen LogP contribution in [0.15, 0.2) is 84.9 Å². The van der Waals surface area contributed by atoms with Gasteiger partial charge in [0, 0.05) is 94.4 Å². The summed E-state index contributed by atoms with van der Waals surface area (Å²) in [5.74, 6) is 0. The van der Waals surface area contributed by atoms with Gasteiger partial charge in [-0.15, -0.1) is 0 Å². The number of fused-ring (bicyclic) bond motifs is 1. The quantitative estimate of drug-likeness (QED) is 0.0235. The molecule has 0 amide bonds. The summed E-state index contributed by atoms with van der Waals surface area (Å²) >= 11 is 0. The molecule has 0 N–H and O–H groups in total. The van der Waals surface area contributed by atoms with Crippen molar-refractivity contribution in [3.63, 3.8) is 0 Å². The molecule has 14 nitrogen and oxygen atoms in total. The molecule has 0 bridgehead atoms. The lowest BCUT2D eigenvalue weighted by atomic mass is 10.0.